The number of amides is 1. The summed E-state index contributed by atoms with van der Waals surface area (Å²) in [5, 5.41) is 9.08. The minimum Gasteiger partial charge on any atom is -0.349 e. The topological polar surface area (TPSA) is 57.8 Å². The van der Waals surface area contributed by atoms with Gasteiger partial charge in [0.15, 0.2) is 0 Å². The number of rotatable bonds is 5. The van der Waals surface area contributed by atoms with Crippen LogP contribution in [0, 0.1) is 0 Å². The van der Waals surface area contributed by atoms with Gasteiger partial charge in [-0.25, -0.2) is 0 Å². The Bertz CT molecular complexity index is 611. The van der Waals surface area contributed by atoms with Crippen molar-refractivity contribution in [3.05, 3.63) is 52.8 Å². The van der Waals surface area contributed by atoms with Gasteiger partial charge in [0.25, 0.3) is 0 Å². The molecule has 1 heterocycles. The molecule has 0 saturated heterocycles. The van der Waals surface area contributed by atoms with E-state index in [4.69, 9.17) is 11.6 Å². The van der Waals surface area contributed by atoms with Gasteiger partial charge < -0.3 is 5.32 Å². The fraction of sp³-hybridized carbons (Fsp3) is 0.286. The fourth-order valence-corrected chi connectivity index (χ4v) is 2.11. The number of alkyl halides is 3. The molecular formula is C14H13ClF3N3O. The third kappa shape index (κ3) is 5.07. The zero-order chi connectivity index (χ0) is 16.2. The standard InChI is InChI=1S/C14H13ClF3N3O/c15-10-3-1-9(2-4-10)12(8-14(16,17)18)20-13(22)7-11-5-6-19-21-11/h1-6,12H,7-8H2,(H,19,21)(H,20,22)/t12-/m1/s1. The van der Waals surface area contributed by atoms with E-state index in [-0.39, 0.29) is 6.42 Å². The lowest BCUT2D eigenvalue weighted by Gasteiger charge is -2.20. The smallest absolute Gasteiger partial charge is 0.349 e. The SMILES string of the molecule is O=C(Cc1ccn[nH]1)N[C@H](CC(F)(F)F)c1ccc(Cl)cc1. The summed E-state index contributed by atoms with van der Waals surface area (Å²) in [7, 11) is 0. The van der Waals surface area contributed by atoms with Crippen LogP contribution in [-0.4, -0.2) is 22.3 Å². The second-order valence-electron chi connectivity index (χ2n) is 4.75. The molecular weight excluding hydrogens is 319 g/mol. The molecule has 1 amide bonds. The van der Waals surface area contributed by atoms with Crippen LogP contribution in [0.5, 0.6) is 0 Å². The highest BCUT2D eigenvalue weighted by molar-refractivity contribution is 6.30. The molecule has 0 spiro atoms. The van der Waals surface area contributed by atoms with Gasteiger partial charge in [-0.05, 0) is 23.8 Å². The summed E-state index contributed by atoms with van der Waals surface area (Å²) in [5.74, 6) is -0.520. The predicted molar refractivity (Wildman–Crippen MR) is 75.3 cm³/mol. The highest BCUT2D eigenvalue weighted by Crippen LogP contribution is 2.30. The van der Waals surface area contributed by atoms with Crippen LogP contribution in [0.25, 0.3) is 0 Å². The Balaban J connectivity index is 2.10. The number of nitrogens with zero attached hydrogens (tertiary/aromatic N) is 1. The third-order valence-corrected chi connectivity index (χ3v) is 3.20. The van der Waals surface area contributed by atoms with Crippen LogP contribution in [0.4, 0.5) is 13.2 Å². The Labute approximate surface area is 129 Å². The summed E-state index contributed by atoms with van der Waals surface area (Å²) in [5.41, 5.74) is 0.874. The monoisotopic (exact) mass is 331 g/mol. The first-order valence-corrected chi connectivity index (χ1v) is 6.81. The number of hydrogen-bond donors (Lipinski definition) is 2. The van der Waals surface area contributed by atoms with E-state index in [9.17, 15) is 18.0 Å². The molecule has 8 heteroatoms. The van der Waals surface area contributed by atoms with Crippen molar-refractivity contribution < 1.29 is 18.0 Å². The van der Waals surface area contributed by atoms with Crippen LogP contribution in [0.1, 0.15) is 23.7 Å². The quantitative estimate of drug-likeness (QED) is 0.882. The van der Waals surface area contributed by atoms with Gasteiger partial charge in [-0.1, -0.05) is 23.7 Å². The highest BCUT2D eigenvalue weighted by atomic mass is 35.5. The van der Waals surface area contributed by atoms with E-state index in [2.05, 4.69) is 15.5 Å². The van der Waals surface area contributed by atoms with Crippen molar-refractivity contribution in [2.24, 2.45) is 0 Å². The summed E-state index contributed by atoms with van der Waals surface area (Å²) >= 11 is 5.73. The second-order valence-corrected chi connectivity index (χ2v) is 5.19. The molecule has 2 aromatic rings. The molecule has 0 unspecified atom stereocenters. The van der Waals surface area contributed by atoms with Crippen molar-refractivity contribution in [1.82, 2.24) is 15.5 Å². The van der Waals surface area contributed by atoms with E-state index in [0.29, 0.717) is 16.3 Å². The maximum atomic E-state index is 12.7. The molecule has 4 nitrogen and oxygen atoms in total. The van der Waals surface area contributed by atoms with E-state index < -0.39 is 24.5 Å². The van der Waals surface area contributed by atoms with Crippen LogP contribution in [0.3, 0.4) is 0 Å². The average Bonchev–Trinajstić information content (AvgIpc) is 2.90. The van der Waals surface area contributed by atoms with Crippen molar-refractivity contribution in [2.75, 3.05) is 0 Å². The molecule has 1 atom stereocenters. The Morgan fingerprint density at radius 2 is 1.95 bits per heavy atom. The second kappa shape index (κ2) is 6.83. The summed E-state index contributed by atoms with van der Waals surface area (Å²) in [4.78, 5) is 11.9. The first-order valence-electron chi connectivity index (χ1n) is 6.43. The summed E-state index contributed by atoms with van der Waals surface area (Å²) in [6.07, 6.45) is -4.15. The number of benzene rings is 1. The van der Waals surface area contributed by atoms with E-state index in [1.54, 1.807) is 6.07 Å². The number of aromatic nitrogens is 2. The first kappa shape index (κ1) is 16.4. The number of aromatic amines is 1. The Kier molecular flexibility index (Phi) is 5.07. The molecule has 0 aliphatic rings. The van der Waals surface area contributed by atoms with Crippen LogP contribution in [0.2, 0.25) is 5.02 Å². The zero-order valence-electron chi connectivity index (χ0n) is 11.3. The maximum absolute atomic E-state index is 12.7. The van der Waals surface area contributed by atoms with Gasteiger partial charge in [-0.2, -0.15) is 18.3 Å². The average molecular weight is 332 g/mol. The predicted octanol–water partition coefficient (Wildman–Crippen LogP) is 3.42. The van der Waals surface area contributed by atoms with E-state index in [1.165, 1.54) is 30.5 Å². The molecule has 1 aromatic heterocycles. The van der Waals surface area contributed by atoms with Gasteiger partial charge in [0.1, 0.15) is 0 Å². The summed E-state index contributed by atoms with van der Waals surface area (Å²) in [6, 6.07) is 6.33. The van der Waals surface area contributed by atoms with Crippen molar-refractivity contribution in [2.45, 2.75) is 25.1 Å². The number of nitrogens with one attached hydrogen (secondary N) is 2. The molecule has 2 rings (SSSR count). The van der Waals surface area contributed by atoms with E-state index in [1.807, 2.05) is 0 Å². The Hall–Kier alpha value is -2.02. The number of carbonyl (C=O) groups is 1. The Morgan fingerprint density at radius 1 is 1.27 bits per heavy atom. The molecule has 22 heavy (non-hydrogen) atoms. The number of H-pyrrole nitrogens is 1. The van der Waals surface area contributed by atoms with Gasteiger partial charge in [-0.15, -0.1) is 0 Å². The van der Waals surface area contributed by atoms with Gasteiger partial charge >= 0.3 is 6.18 Å². The Morgan fingerprint density at radius 3 is 2.50 bits per heavy atom. The molecule has 2 N–H and O–H groups in total. The molecule has 118 valence electrons. The summed E-state index contributed by atoms with van der Waals surface area (Å²) in [6.45, 7) is 0. The van der Waals surface area contributed by atoms with Crippen LogP contribution >= 0.6 is 11.6 Å². The lowest BCUT2D eigenvalue weighted by atomic mass is 10.0. The normalized spacial score (nSPS) is 12.9. The summed E-state index contributed by atoms with van der Waals surface area (Å²) < 4.78 is 38.1. The first-order chi connectivity index (χ1) is 10.3. The van der Waals surface area contributed by atoms with Gasteiger partial charge in [0.2, 0.25) is 5.91 Å². The third-order valence-electron chi connectivity index (χ3n) is 2.95. The molecule has 0 aliphatic carbocycles. The lowest BCUT2D eigenvalue weighted by molar-refractivity contribution is -0.142. The zero-order valence-corrected chi connectivity index (χ0v) is 12.1. The molecule has 0 fully saturated rings. The van der Waals surface area contributed by atoms with Crippen LogP contribution < -0.4 is 5.32 Å². The van der Waals surface area contributed by atoms with Gasteiger partial charge in [0, 0.05) is 16.9 Å². The number of hydrogen-bond acceptors (Lipinski definition) is 2. The van der Waals surface area contributed by atoms with Crippen molar-refractivity contribution in [3.8, 4) is 0 Å². The van der Waals surface area contributed by atoms with E-state index >= 15 is 0 Å². The number of halogens is 4. The van der Waals surface area contributed by atoms with Crippen molar-refractivity contribution >= 4 is 17.5 Å². The lowest BCUT2D eigenvalue weighted by Crippen LogP contribution is -2.33. The largest absolute Gasteiger partial charge is 0.391 e. The minimum absolute atomic E-state index is 0.0675. The molecule has 0 bridgehead atoms. The molecule has 0 radical (unpaired) electrons. The van der Waals surface area contributed by atoms with Gasteiger partial charge in [0.05, 0.1) is 18.9 Å². The highest BCUT2D eigenvalue weighted by Gasteiger charge is 2.33. The van der Waals surface area contributed by atoms with Crippen molar-refractivity contribution in [3.63, 3.8) is 0 Å². The minimum atomic E-state index is -4.40. The van der Waals surface area contributed by atoms with Gasteiger partial charge in [-0.3, -0.25) is 9.89 Å². The maximum Gasteiger partial charge on any atom is 0.391 e. The van der Waals surface area contributed by atoms with Crippen LogP contribution in [0.15, 0.2) is 36.5 Å². The molecule has 0 saturated carbocycles. The molecule has 0 aliphatic heterocycles. The number of carbonyl (C=O) groups excluding carboxylic acids is 1. The van der Waals surface area contributed by atoms with Crippen molar-refractivity contribution in [1.29, 1.82) is 0 Å². The van der Waals surface area contributed by atoms with E-state index in [0.717, 1.165) is 0 Å². The molecule has 1 aromatic carbocycles. The van der Waals surface area contributed by atoms with Crippen LogP contribution in [-0.2, 0) is 11.2 Å². The fourth-order valence-electron chi connectivity index (χ4n) is 1.98.